The van der Waals surface area contributed by atoms with Gasteiger partial charge in [-0.05, 0) is 12.8 Å². The largest absolute Gasteiger partial charge is 0.314 e. The van der Waals surface area contributed by atoms with Crippen LogP contribution in [-0.4, -0.2) is 18.1 Å². The van der Waals surface area contributed by atoms with Crippen LogP contribution < -0.4 is 5.43 Å². The highest BCUT2D eigenvalue weighted by Crippen LogP contribution is 2.27. The van der Waals surface area contributed by atoms with Gasteiger partial charge in [-0.25, -0.2) is 27.0 Å². The van der Waals surface area contributed by atoms with E-state index in [0.717, 1.165) is 19.3 Å². The lowest BCUT2D eigenvalue weighted by Crippen LogP contribution is -2.35. The van der Waals surface area contributed by atoms with E-state index >= 15 is 0 Å². The van der Waals surface area contributed by atoms with Gasteiger partial charge in [-0.15, -0.1) is 0 Å². The van der Waals surface area contributed by atoms with Crippen molar-refractivity contribution in [2.24, 2.45) is 0 Å². The van der Waals surface area contributed by atoms with Crippen LogP contribution in [-0.2, 0) is 0 Å². The van der Waals surface area contributed by atoms with Crippen molar-refractivity contribution in [1.29, 1.82) is 0 Å². The van der Waals surface area contributed by atoms with E-state index in [1.165, 1.54) is 5.01 Å². The van der Waals surface area contributed by atoms with Crippen molar-refractivity contribution in [2.45, 2.75) is 19.3 Å². The first-order valence-corrected chi connectivity index (χ1v) is 5.55. The van der Waals surface area contributed by atoms with Gasteiger partial charge in [0.05, 0.1) is 0 Å². The van der Waals surface area contributed by atoms with E-state index in [2.05, 4.69) is 5.43 Å². The lowest BCUT2D eigenvalue weighted by atomic mass is 10.2. The molecule has 0 atom stereocenters. The molecule has 0 saturated carbocycles. The van der Waals surface area contributed by atoms with Crippen molar-refractivity contribution in [3.63, 3.8) is 0 Å². The van der Waals surface area contributed by atoms with Crippen LogP contribution in [0.4, 0.5) is 27.6 Å². The van der Waals surface area contributed by atoms with Crippen LogP contribution in [0.25, 0.3) is 0 Å². The Bertz CT molecular complexity index is 428. The smallest absolute Gasteiger partial charge is 0.200 e. The molecule has 0 aliphatic carbocycles. The molecule has 1 aliphatic rings. The van der Waals surface area contributed by atoms with Gasteiger partial charge in [-0.2, -0.15) is 0 Å². The van der Waals surface area contributed by atoms with E-state index in [1.807, 2.05) is 0 Å². The van der Waals surface area contributed by atoms with Crippen LogP contribution in [0, 0.1) is 29.1 Å². The summed E-state index contributed by atoms with van der Waals surface area (Å²) in [6.07, 6.45) is 2.60. The first-order valence-electron chi connectivity index (χ1n) is 5.55. The van der Waals surface area contributed by atoms with Gasteiger partial charge in [0.1, 0.15) is 5.69 Å². The second-order valence-corrected chi connectivity index (χ2v) is 4.10. The number of halogens is 5. The number of nitrogens with zero attached hydrogens (tertiary/aromatic N) is 1. The molecule has 18 heavy (non-hydrogen) atoms. The number of hydrazine groups is 1. The highest BCUT2D eigenvalue weighted by molar-refractivity contribution is 5.46. The third-order valence-corrected chi connectivity index (χ3v) is 2.84. The maximum atomic E-state index is 13.3. The Labute approximate surface area is 100 Å². The summed E-state index contributed by atoms with van der Waals surface area (Å²) in [5, 5.41) is 1.45. The normalized spacial score (nSPS) is 16.9. The average Bonchev–Trinajstić information content (AvgIpc) is 2.40. The second-order valence-electron chi connectivity index (χ2n) is 4.10. The number of piperidine rings is 1. The average molecular weight is 266 g/mol. The zero-order valence-corrected chi connectivity index (χ0v) is 9.37. The molecule has 1 aromatic rings. The molecule has 0 spiro atoms. The van der Waals surface area contributed by atoms with E-state index in [1.54, 1.807) is 0 Å². The van der Waals surface area contributed by atoms with Crippen molar-refractivity contribution in [3.8, 4) is 0 Å². The van der Waals surface area contributed by atoms with Crippen LogP contribution in [0.3, 0.4) is 0 Å². The summed E-state index contributed by atoms with van der Waals surface area (Å²) in [5.41, 5.74) is 1.27. The molecule has 7 heteroatoms. The maximum Gasteiger partial charge on any atom is 0.200 e. The van der Waals surface area contributed by atoms with Crippen molar-refractivity contribution < 1.29 is 22.0 Å². The molecular weight excluding hydrogens is 255 g/mol. The van der Waals surface area contributed by atoms with Gasteiger partial charge >= 0.3 is 0 Å². The third kappa shape index (κ3) is 2.27. The Hall–Kier alpha value is -1.37. The topological polar surface area (TPSA) is 15.3 Å². The fourth-order valence-electron chi connectivity index (χ4n) is 1.87. The van der Waals surface area contributed by atoms with Crippen LogP contribution in [0.1, 0.15) is 19.3 Å². The van der Waals surface area contributed by atoms with Gasteiger partial charge in [-0.3, -0.25) is 0 Å². The van der Waals surface area contributed by atoms with E-state index in [-0.39, 0.29) is 0 Å². The number of hydrogen-bond donors (Lipinski definition) is 1. The number of rotatable bonds is 2. The van der Waals surface area contributed by atoms with Crippen LogP contribution in [0.5, 0.6) is 0 Å². The molecule has 0 bridgehead atoms. The highest BCUT2D eigenvalue weighted by atomic mass is 19.2. The Balaban J connectivity index is 2.32. The predicted molar refractivity (Wildman–Crippen MR) is 55.3 cm³/mol. The molecule has 2 nitrogen and oxygen atoms in total. The highest BCUT2D eigenvalue weighted by Gasteiger charge is 2.27. The zero-order valence-electron chi connectivity index (χ0n) is 9.37. The lowest BCUT2D eigenvalue weighted by Gasteiger charge is -2.28. The van der Waals surface area contributed by atoms with Gasteiger partial charge in [0.15, 0.2) is 23.3 Å². The number of benzene rings is 1. The molecule has 0 aromatic heterocycles. The fourth-order valence-corrected chi connectivity index (χ4v) is 1.87. The van der Waals surface area contributed by atoms with Gasteiger partial charge in [0.2, 0.25) is 5.82 Å². The second kappa shape index (κ2) is 5.09. The first-order chi connectivity index (χ1) is 8.52. The van der Waals surface area contributed by atoms with Crippen molar-refractivity contribution in [2.75, 3.05) is 18.5 Å². The molecule has 100 valence electrons. The Kier molecular flexibility index (Phi) is 3.70. The third-order valence-electron chi connectivity index (χ3n) is 2.84. The van der Waals surface area contributed by atoms with Crippen molar-refractivity contribution in [1.82, 2.24) is 5.01 Å². The van der Waals surface area contributed by atoms with E-state index in [9.17, 15) is 22.0 Å². The van der Waals surface area contributed by atoms with Crippen molar-refractivity contribution in [3.05, 3.63) is 29.1 Å². The minimum Gasteiger partial charge on any atom is -0.314 e. The van der Waals surface area contributed by atoms with Crippen LogP contribution in [0.15, 0.2) is 0 Å². The summed E-state index contributed by atoms with van der Waals surface area (Å²) in [7, 11) is 0. The summed E-state index contributed by atoms with van der Waals surface area (Å²) in [6.45, 7) is 0.999. The summed E-state index contributed by atoms with van der Waals surface area (Å²) in [5.74, 6) is -9.69. The standard InChI is InChI=1S/C11H11F5N2/c12-6-7(13)9(15)11(10(16)8(6)14)17-18-4-2-1-3-5-18/h17H,1-5H2. The van der Waals surface area contributed by atoms with Gasteiger partial charge in [-0.1, -0.05) is 6.42 Å². The number of nitrogens with one attached hydrogen (secondary N) is 1. The molecule has 1 saturated heterocycles. The van der Waals surface area contributed by atoms with Crippen LogP contribution in [0.2, 0.25) is 0 Å². The van der Waals surface area contributed by atoms with Gasteiger partial charge < -0.3 is 5.43 Å². The minimum absolute atomic E-state index is 0.499. The molecule has 2 rings (SSSR count). The minimum atomic E-state index is -2.14. The molecule has 1 fully saturated rings. The summed E-state index contributed by atoms with van der Waals surface area (Å²) < 4.78 is 65.4. The Morgan fingerprint density at radius 3 is 1.61 bits per heavy atom. The fraction of sp³-hybridized carbons (Fsp3) is 0.455. The zero-order chi connectivity index (χ0) is 13.3. The quantitative estimate of drug-likeness (QED) is 0.502. The first kappa shape index (κ1) is 13.1. The molecule has 0 radical (unpaired) electrons. The monoisotopic (exact) mass is 266 g/mol. The molecule has 1 heterocycles. The number of anilines is 1. The molecular formula is C11H11F5N2. The van der Waals surface area contributed by atoms with E-state index in [4.69, 9.17) is 0 Å². The SMILES string of the molecule is Fc1c(F)c(F)c(NN2CCCCC2)c(F)c1F. The lowest BCUT2D eigenvalue weighted by molar-refractivity contribution is 0.268. The molecule has 1 aromatic carbocycles. The Morgan fingerprint density at radius 1 is 0.667 bits per heavy atom. The molecule has 0 unspecified atom stereocenters. The summed E-state index contributed by atoms with van der Waals surface area (Å²) in [4.78, 5) is 0. The number of hydrogen-bond acceptors (Lipinski definition) is 2. The van der Waals surface area contributed by atoms with Gasteiger partial charge in [0, 0.05) is 13.1 Å². The van der Waals surface area contributed by atoms with E-state index in [0.29, 0.717) is 13.1 Å². The maximum absolute atomic E-state index is 13.3. The van der Waals surface area contributed by atoms with E-state index < -0.39 is 34.8 Å². The summed E-state index contributed by atoms with van der Waals surface area (Å²) in [6, 6.07) is 0. The van der Waals surface area contributed by atoms with Crippen molar-refractivity contribution >= 4 is 5.69 Å². The molecule has 1 aliphatic heterocycles. The predicted octanol–water partition coefficient (Wildman–Crippen LogP) is 3.19. The molecule has 0 amide bonds. The van der Waals surface area contributed by atoms with Crippen LogP contribution >= 0.6 is 0 Å². The summed E-state index contributed by atoms with van der Waals surface area (Å²) >= 11 is 0. The Morgan fingerprint density at radius 2 is 1.11 bits per heavy atom. The molecule has 1 N–H and O–H groups in total. The van der Waals surface area contributed by atoms with Gasteiger partial charge in [0.25, 0.3) is 0 Å².